The third-order valence-corrected chi connectivity index (χ3v) is 4.64. The summed E-state index contributed by atoms with van der Waals surface area (Å²) in [5.74, 6) is 0.435. The monoisotopic (exact) mass is 269 g/mol. The van der Waals surface area contributed by atoms with Gasteiger partial charge in [0.2, 0.25) is 0 Å². The van der Waals surface area contributed by atoms with Gasteiger partial charge in [-0.3, -0.25) is 4.98 Å². The number of aromatic nitrogens is 1. The second-order valence-corrected chi connectivity index (χ2v) is 6.51. The van der Waals surface area contributed by atoms with E-state index < -0.39 is 10.2 Å². The summed E-state index contributed by atoms with van der Waals surface area (Å²) >= 11 is 0. The fraction of sp³-hybridized carbons (Fsp3) is 0.583. The quantitative estimate of drug-likeness (QED) is 0.892. The van der Waals surface area contributed by atoms with Gasteiger partial charge in [-0.05, 0) is 30.9 Å². The van der Waals surface area contributed by atoms with Crippen LogP contribution in [0.3, 0.4) is 0 Å². The second kappa shape index (κ2) is 5.77. The van der Waals surface area contributed by atoms with Crippen molar-refractivity contribution in [3.63, 3.8) is 0 Å². The van der Waals surface area contributed by atoms with Crippen LogP contribution in [0.2, 0.25) is 0 Å². The number of nitrogens with one attached hydrogen (secondary N) is 1. The van der Waals surface area contributed by atoms with E-state index in [-0.39, 0.29) is 6.54 Å². The van der Waals surface area contributed by atoms with Crippen molar-refractivity contribution in [1.29, 1.82) is 0 Å². The van der Waals surface area contributed by atoms with Gasteiger partial charge in [-0.15, -0.1) is 0 Å². The van der Waals surface area contributed by atoms with Crippen LogP contribution in [0.15, 0.2) is 24.4 Å². The average molecular weight is 269 g/mol. The summed E-state index contributed by atoms with van der Waals surface area (Å²) in [6.45, 7) is 3.55. The van der Waals surface area contributed by atoms with Gasteiger partial charge in [0.05, 0.1) is 12.2 Å². The molecule has 1 fully saturated rings. The summed E-state index contributed by atoms with van der Waals surface area (Å²) in [6, 6.07) is 5.46. The van der Waals surface area contributed by atoms with Crippen molar-refractivity contribution < 1.29 is 8.42 Å². The first-order valence-corrected chi connectivity index (χ1v) is 7.66. The molecule has 2 heterocycles. The predicted molar refractivity (Wildman–Crippen MR) is 70.0 cm³/mol. The topological polar surface area (TPSA) is 62.3 Å². The number of nitrogens with zero attached hydrogens (tertiary/aromatic N) is 2. The molecule has 0 amide bonds. The Labute approximate surface area is 108 Å². The molecular formula is C12H19N3O2S. The molecule has 0 saturated carbocycles. The van der Waals surface area contributed by atoms with Gasteiger partial charge in [0.15, 0.2) is 0 Å². The van der Waals surface area contributed by atoms with Crippen molar-refractivity contribution >= 4 is 10.2 Å². The number of piperidine rings is 1. The molecule has 5 nitrogen and oxygen atoms in total. The number of hydrogen-bond donors (Lipinski definition) is 1. The number of rotatable bonds is 4. The molecule has 100 valence electrons. The van der Waals surface area contributed by atoms with Gasteiger partial charge in [0.25, 0.3) is 10.2 Å². The van der Waals surface area contributed by atoms with Crippen molar-refractivity contribution in [3.8, 4) is 0 Å². The molecule has 0 bridgehead atoms. The van der Waals surface area contributed by atoms with Crippen LogP contribution in [0.25, 0.3) is 0 Å². The van der Waals surface area contributed by atoms with E-state index in [0.717, 1.165) is 18.5 Å². The molecule has 6 heteroatoms. The van der Waals surface area contributed by atoms with E-state index in [1.807, 2.05) is 12.1 Å². The molecule has 18 heavy (non-hydrogen) atoms. The Hall–Kier alpha value is -0.980. The Morgan fingerprint density at radius 1 is 1.50 bits per heavy atom. The minimum absolute atomic E-state index is 0.244. The van der Waals surface area contributed by atoms with Gasteiger partial charge in [0.1, 0.15) is 0 Å². The number of hydrogen-bond acceptors (Lipinski definition) is 3. The first-order valence-electron chi connectivity index (χ1n) is 6.22. The first-order chi connectivity index (χ1) is 8.58. The van der Waals surface area contributed by atoms with Crippen LogP contribution < -0.4 is 4.72 Å². The van der Waals surface area contributed by atoms with Crippen molar-refractivity contribution in [2.24, 2.45) is 5.92 Å². The lowest BCUT2D eigenvalue weighted by Gasteiger charge is -2.29. The Morgan fingerprint density at radius 3 is 3.00 bits per heavy atom. The minimum atomic E-state index is -3.37. The highest BCUT2D eigenvalue weighted by Gasteiger charge is 2.26. The SMILES string of the molecule is CC1CCCN(S(=O)(=O)NCc2ccccn2)C1. The van der Waals surface area contributed by atoms with E-state index in [1.54, 1.807) is 12.3 Å². The standard InChI is InChI=1S/C12H19N3O2S/c1-11-5-4-8-15(10-11)18(16,17)14-9-12-6-2-3-7-13-12/h2-3,6-7,11,14H,4-5,8-10H2,1H3. The van der Waals surface area contributed by atoms with Crippen LogP contribution in [0.1, 0.15) is 25.5 Å². The van der Waals surface area contributed by atoms with E-state index in [0.29, 0.717) is 19.0 Å². The molecule has 1 aromatic rings. The summed E-state index contributed by atoms with van der Waals surface area (Å²) in [5, 5.41) is 0. The predicted octanol–water partition coefficient (Wildman–Crippen LogP) is 1.15. The maximum atomic E-state index is 12.1. The third kappa shape index (κ3) is 3.51. The van der Waals surface area contributed by atoms with Gasteiger partial charge in [-0.25, -0.2) is 0 Å². The molecule has 1 aromatic heterocycles. The van der Waals surface area contributed by atoms with Crippen molar-refractivity contribution in [2.75, 3.05) is 13.1 Å². The summed E-state index contributed by atoms with van der Waals surface area (Å²) < 4.78 is 28.3. The third-order valence-electron chi connectivity index (χ3n) is 3.12. The molecule has 1 N–H and O–H groups in total. The fourth-order valence-electron chi connectivity index (χ4n) is 2.12. The van der Waals surface area contributed by atoms with Gasteiger partial charge in [-0.1, -0.05) is 13.0 Å². The lowest BCUT2D eigenvalue weighted by molar-refractivity contribution is 0.278. The number of pyridine rings is 1. The van der Waals surface area contributed by atoms with Crippen LogP contribution in [0.5, 0.6) is 0 Å². The summed E-state index contributed by atoms with van der Waals surface area (Å²) in [5.41, 5.74) is 0.728. The van der Waals surface area contributed by atoms with E-state index in [2.05, 4.69) is 16.6 Å². The van der Waals surface area contributed by atoms with E-state index in [1.165, 1.54) is 4.31 Å². The highest BCUT2D eigenvalue weighted by atomic mass is 32.2. The largest absolute Gasteiger partial charge is 0.279 e. The maximum absolute atomic E-state index is 12.1. The van der Waals surface area contributed by atoms with Gasteiger partial charge >= 0.3 is 0 Å². The van der Waals surface area contributed by atoms with Crippen LogP contribution in [0, 0.1) is 5.92 Å². The van der Waals surface area contributed by atoms with Crippen LogP contribution in [0.4, 0.5) is 0 Å². The fourth-order valence-corrected chi connectivity index (χ4v) is 3.46. The molecule has 1 aliphatic rings. The second-order valence-electron chi connectivity index (χ2n) is 4.75. The molecule has 1 aliphatic heterocycles. The zero-order valence-corrected chi connectivity index (χ0v) is 11.4. The van der Waals surface area contributed by atoms with E-state index >= 15 is 0 Å². The normalized spacial score (nSPS) is 21.9. The zero-order chi connectivity index (χ0) is 13.0. The van der Waals surface area contributed by atoms with Crippen LogP contribution in [-0.2, 0) is 16.8 Å². The van der Waals surface area contributed by atoms with Gasteiger partial charge in [-0.2, -0.15) is 17.4 Å². The minimum Gasteiger partial charge on any atom is -0.260 e. The van der Waals surface area contributed by atoms with Gasteiger partial charge < -0.3 is 0 Å². The smallest absolute Gasteiger partial charge is 0.260 e. The maximum Gasteiger partial charge on any atom is 0.279 e. The van der Waals surface area contributed by atoms with Crippen molar-refractivity contribution in [1.82, 2.24) is 14.0 Å². The van der Waals surface area contributed by atoms with Crippen molar-refractivity contribution in [2.45, 2.75) is 26.3 Å². The average Bonchev–Trinajstić information content (AvgIpc) is 2.38. The molecule has 0 spiro atoms. The molecular weight excluding hydrogens is 250 g/mol. The summed E-state index contributed by atoms with van der Waals surface area (Å²) in [6.07, 6.45) is 3.70. The Balaban J connectivity index is 1.95. The Bertz CT molecular complexity index is 475. The molecule has 1 atom stereocenters. The molecule has 1 saturated heterocycles. The lowest BCUT2D eigenvalue weighted by atomic mass is 10.0. The van der Waals surface area contributed by atoms with E-state index in [4.69, 9.17) is 0 Å². The highest BCUT2D eigenvalue weighted by molar-refractivity contribution is 7.87. The summed E-state index contributed by atoms with van der Waals surface area (Å²) in [4.78, 5) is 4.10. The van der Waals surface area contributed by atoms with Crippen LogP contribution >= 0.6 is 0 Å². The molecule has 2 rings (SSSR count). The molecule has 1 unspecified atom stereocenters. The Morgan fingerprint density at radius 2 is 2.33 bits per heavy atom. The molecule has 0 aromatic carbocycles. The highest BCUT2D eigenvalue weighted by Crippen LogP contribution is 2.17. The van der Waals surface area contributed by atoms with Crippen LogP contribution in [-0.4, -0.2) is 30.8 Å². The first kappa shape index (κ1) is 13.5. The van der Waals surface area contributed by atoms with Crippen molar-refractivity contribution in [3.05, 3.63) is 30.1 Å². The van der Waals surface area contributed by atoms with Gasteiger partial charge in [0, 0.05) is 19.3 Å². The molecule has 0 radical (unpaired) electrons. The molecule has 0 aliphatic carbocycles. The van der Waals surface area contributed by atoms with E-state index in [9.17, 15) is 8.42 Å². The lowest BCUT2D eigenvalue weighted by Crippen LogP contribution is -2.45. The summed E-state index contributed by atoms with van der Waals surface area (Å²) in [7, 11) is -3.37. The zero-order valence-electron chi connectivity index (χ0n) is 10.5. The Kier molecular flexibility index (Phi) is 4.31.